The van der Waals surface area contributed by atoms with E-state index in [2.05, 4.69) is 76.6 Å². The van der Waals surface area contributed by atoms with Gasteiger partial charge in [0.2, 0.25) is 0 Å². The summed E-state index contributed by atoms with van der Waals surface area (Å²) in [6, 6.07) is 19.3. The van der Waals surface area contributed by atoms with Crippen LogP contribution in [-0.2, 0) is 19.3 Å². The minimum Gasteiger partial charge on any atom is -0.361 e. The fourth-order valence-corrected chi connectivity index (χ4v) is 4.08. The predicted octanol–water partition coefficient (Wildman–Crippen LogP) is 5.51. The lowest BCUT2D eigenvalue weighted by atomic mass is 10.1. The number of aromatic nitrogens is 4. The molecule has 5 rings (SSSR count). The number of fused-ring (bicyclic) bond motifs is 2. The molecule has 0 bridgehead atoms. The van der Waals surface area contributed by atoms with Crippen molar-refractivity contribution < 1.29 is 0 Å². The van der Waals surface area contributed by atoms with Crippen LogP contribution in [0.1, 0.15) is 34.8 Å². The zero-order valence-electron chi connectivity index (χ0n) is 16.6. The molecule has 0 fully saturated rings. The largest absolute Gasteiger partial charge is 0.361 e. The number of aryl methyl sites for hydroxylation is 3. The highest BCUT2D eigenvalue weighted by Crippen LogP contribution is 2.20. The van der Waals surface area contributed by atoms with E-state index < -0.39 is 0 Å². The standard InChI is InChI=1S/C25H24N4/c1-17-13-20-14-18(9-10-23(20)28-17)15-21-11-12-26-25(29-21)8-4-5-19-16-27-24-7-3-2-6-22(19)24/h2-3,6-7,9-14,16,27-28H,4-5,8,15H2,1H3. The van der Waals surface area contributed by atoms with Gasteiger partial charge in [-0.2, -0.15) is 0 Å². The molecule has 0 amide bonds. The number of aromatic amines is 2. The SMILES string of the molecule is Cc1cc2cc(Cc3ccnc(CCCc4c[nH]c5ccccc45)n3)ccc2[nH]1. The van der Waals surface area contributed by atoms with E-state index in [1.807, 2.05) is 12.3 Å². The molecular formula is C25H24N4. The summed E-state index contributed by atoms with van der Waals surface area (Å²) in [6.07, 6.45) is 7.81. The van der Waals surface area contributed by atoms with E-state index in [4.69, 9.17) is 4.98 Å². The topological polar surface area (TPSA) is 57.4 Å². The summed E-state index contributed by atoms with van der Waals surface area (Å²) < 4.78 is 0. The van der Waals surface area contributed by atoms with Crippen molar-refractivity contribution in [2.75, 3.05) is 0 Å². The van der Waals surface area contributed by atoms with Crippen LogP contribution in [0.4, 0.5) is 0 Å². The van der Waals surface area contributed by atoms with Crippen molar-refractivity contribution in [1.82, 2.24) is 19.9 Å². The number of hydrogen-bond acceptors (Lipinski definition) is 2. The van der Waals surface area contributed by atoms with Gasteiger partial charge in [-0.1, -0.05) is 24.3 Å². The van der Waals surface area contributed by atoms with Crippen molar-refractivity contribution in [2.45, 2.75) is 32.6 Å². The molecule has 0 aliphatic carbocycles. The van der Waals surface area contributed by atoms with E-state index in [9.17, 15) is 0 Å². The number of rotatable bonds is 6. The number of benzene rings is 2. The van der Waals surface area contributed by atoms with Gasteiger partial charge >= 0.3 is 0 Å². The fraction of sp³-hybridized carbons (Fsp3) is 0.200. The van der Waals surface area contributed by atoms with Crippen LogP contribution >= 0.6 is 0 Å². The van der Waals surface area contributed by atoms with E-state index >= 15 is 0 Å². The van der Waals surface area contributed by atoms with Crippen LogP contribution < -0.4 is 0 Å². The van der Waals surface area contributed by atoms with Crippen LogP contribution in [0.2, 0.25) is 0 Å². The zero-order chi connectivity index (χ0) is 19.6. The van der Waals surface area contributed by atoms with Crippen molar-refractivity contribution >= 4 is 21.8 Å². The molecule has 3 heterocycles. The number of hydrogen-bond donors (Lipinski definition) is 2. The first-order valence-corrected chi connectivity index (χ1v) is 10.2. The molecule has 0 unspecified atom stereocenters. The predicted molar refractivity (Wildman–Crippen MR) is 118 cm³/mol. The van der Waals surface area contributed by atoms with E-state index in [1.165, 1.54) is 38.6 Å². The first-order valence-electron chi connectivity index (χ1n) is 10.2. The van der Waals surface area contributed by atoms with Crippen molar-refractivity contribution in [3.63, 3.8) is 0 Å². The second kappa shape index (κ2) is 7.55. The third kappa shape index (κ3) is 3.79. The van der Waals surface area contributed by atoms with Crippen LogP contribution in [0, 0.1) is 6.92 Å². The Bertz CT molecular complexity index is 1280. The quantitative estimate of drug-likeness (QED) is 0.408. The van der Waals surface area contributed by atoms with Gasteiger partial charge in [0.05, 0.1) is 0 Å². The summed E-state index contributed by atoms with van der Waals surface area (Å²) in [6.45, 7) is 2.09. The van der Waals surface area contributed by atoms with Crippen LogP contribution in [-0.4, -0.2) is 19.9 Å². The highest BCUT2D eigenvalue weighted by Gasteiger charge is 2.06. The Kier molecular flexibility index (Phi) is 4.60. The van der Waals surface area contributed by atoms with E-state index in [0.717, 1.165) is 37.2 Å². The van der Waals surface area contributed by atoms with Crippen molar-refractivity contribution in [3.05, 3.63) is 95.3 Å². The summed E-state index contributed by atoms with van der Waals surface area (Å²) >= 11 is 0. The molecular weight excluding hydrogens is 356 g/mol. The van der Waals surface area contributed by atoms with Gasteiger partial charge in [-0.05, 0) is 66.6 Å². The molecule has 0 saturated heterocycles. The molecule has 0 aliphatic heterocycles. The maximum absolute atomic E-state index is 4.81. The van der Waals surface area contributed by atoms with Crippen LogP contribution in [0.5, 0.6) is 0 Å². The van der Waals surface area contributed by atoms with Gasteiger partial charge in [0, 0.05) is 53.0 Å². The Morgan fingerprint density at radius 3 is 2.83 bits per heavy atom. The summed E-state index contributed by atoms with van der Waals surface area (Å²) in [5, 5.41) is 2.57. The number of H-pyrrole nitrogens is 2. The Balaban J connectivity index is 1.25. The average Bonchev–Trinajstić information content (AvgIpc) is 3.31. The summed E-state index contributed by atoms with van der Waals surface area (Å²) in [4.78, 5) is 16.0. The maximum Gasteiger partial charge on any atom is 0.128 e. The van der Waals surface area contributed by atoms with Gasteiger partial charge in [-0.15, -0.1) is 0 Å². The van der Waals surface area contributed by atoms with Crippen LogP contribution in [0.15, 0.2) is 67.0 Å². The lowest BCUT2D eigenvalue weighted by Gasteiger charge is -2.05. The van der Waals surface area contributed by atoms with E-state index in [0.29, 0.717) is 0 Å². The van der Waals surface area contributed by atoms with Gasteiger partial charge in [-0.25, -0.2) is 9.97 Å². The minimum absolute atomic E-state index is 0.831. The number of nitrogens with zero attached hydrogens (tertiary/aromatic N) is 2. The molecule has 0 aliphatic rings. The lowest BCUT2D eigenvalue weighted by Crippen LogP contribution is -2.01. The van der Waals surface area contributed by atoms with Gasteiger partial charge in [0.25, 0.3) is 0 Å². The number of para-hydroxylation sites is 1. The highest BCUT2D eigenvalue weighted by molar-refractivity contribution is 5.83. The Morgan fingerprint density at radius 2 is 1.86 bits per heavy atom. The summed E-state index contributed by atoms with van der Waals surface area (Å²) in [5.41, 5.74) is 7.31. The van der Waals surface area contributed by atoms with Crippen molar-refractivity contribution in [1.29, 1.82) is 0 Å². The third-order valence-corrected chi connectivity index (χ3v) is 5.49. The molecule has 0 radical (unpaired) electrons. The Labute approximate surface area is 170 Å². The molecule has 0 atom stereocenters. The fourth-order valence-electron chi connectivity index (χ4n) is 4.08. The summed E-state index contributed by atoms with van der Waals surface area (Å²) in [5.74, 6) is 0.931. The Morgan fingerprint density at radius 1 is 0.931 bits per heavy atom. The van der Waals surface area contributed by atoms with Gasteiger partial charge < -0.3 is 9.97 Å². The molecule has 4 heteroatoms. The smallest absolute Gasteiger partial charge is 0.128 e. The van der Waals surface area contributed by atoms with Gasteiger partial charge in [0.15, 0.2) is 0 Å². The molecule has 144 valence electrons. The van der Waals surface area contributed by atoms with Crippen LogP contribution in [0.3, 0.4) is 0 Å². The second-order valence-electron chi connectivity index (χ2n) is 7.73. The minimum atomic E-state index is 0.831. The summed E-state index contributed by atoms with van der Waals surface area (Å²) in [7, 11) is 0. The molecule has 0 spiro atoms. The molecule has 3 aromatic heterocycles. The number of nitrogens with one attached hydrogen (secondary N) is 2. The van der Waals surface area contributed by atoms with E-state index in [-0.39, 0.29) is 0 Å². The molecule has 0 saturated carbocycles. The molecule has 29 heavy (non-hydrogen) atoms. The lowest BCUT2D eigenvalue weighted by molar-refractivity contribution is 0.764. The van der Waals surface area contributed by atoms with Crippen LogP contribution in [0.25, 0.3) is 21.8 Å². The monoisotopic (exact) mass is 380 g/mol. The second-order valence-corrected chi connectivity index (χ2v) is 7.73. The van der Waals surface area contributed by atoms with Gasteiger partial charge in [-0.3, -0.25) is 0 Å². The first-order chi connectivity index (χ1) is 14.2. The third-order valence-electron chi connectivity index (χ3n) is 5.49. The first kappa shape index (κ1) is 17.7. The van der Waals surface area contributed by atoms with Crippen molar-refractivity contribution in [2.24, 2.45) is 0 Å². The average molecular weight is 380 g/mol. The molecule has 2 N–H and O–H groups in total. The zero-order valence-corrected chi connectivity index (χ0v) is 16.6. The highest BCUT2D eigenvalue weighted by atomic mass is 14.9. The maximum atomic E-state index is 4.81. The molecule has 4 nitrogen and oxygen atoms in total. The van der Waals surface area contributed by atoms with Crippen molar-refractivity contribution in [3.8, 4) is 0 Å². The molecule has 5 aromatic rings. The normalized spacial score (nSPS) is 11.5. The Hall–Kier alpha value is -3.40. The molecule has 2 aromatic carbocycles. The van der Waals surface area contributed by atoms with Gasteiger partial charge in [0.1, 0.15) is 5.82 Å². The van der Waals surface area contributed by atoms with E-state index in [1.54, 1.807) is 0 Å².